The molecule has 264 valence electrons. The lowest BCUT2D eigenvalue weighted by atomic mass is 9.98. The molecule has 0 aliphatic heterocycles. The van der Waals surface area contributed by atoms with Gasteiger partial charge in [-0.25, -0.2) is 4.79 Å². The molecular weight excluding hydrogens is 600 g/mol. The lowest BCUT2D eigenvalue weighted by molar-refractivity contribution is -0.144. The third kappa shape index (κ3) is 16.0. The van der Waals surface area contributed by atoms with Crippen molar-refractivity contribution < 1.29 is 43.8 Å². The van der Waals surface area contributed by atoms with Crippen LogP contribution in [0.5, 0.6) is 0 Å². The van der Waals surface area contributed by atoms with Gasteiger partial charge in [-0.15, -0.1) is 0 Å². The van der Waals surface area contributed by atoms with E-state index < -0.39 is 84.1 Å². The van der Waals surface area contributed by atoms with Crippen molar-refractivity contribution in [2.24, 2.45) is 29.4 Å². The van der Waals surface area contributed by atoms with Crippen LogP contribution in [-0.4, -0.2) is 87.9 Å². The van der Waals surface area contributed by atoms with Crippen LogP contribution >= 0.6 is 0 Å². The molecule has 0 aliphatic carbocycles. The topological polar surface area (TPSA) is 246 Å². The molecule has 5 amide bonds. The van der Waals surface area contributed by atoms with Crippen molar-refractivity contribution in [1.29, 1.82) is 0 Å². The molecule has 0 unspecified atom stereocenters. The number of rotatable bonds is 21. The Bertz CT molecular complexity index is 1070. The number of carboxylic acid groups (broad SMARTS) is 2. The van der Waals surface area contributed by atoms with Crippen LogP contribution in [0.25, 0.3) is 0 Å². The molecule has 0 heterocycles. The largest absolute Gasteiger partial charge is 0.481 e. The Morgan fingerprint density at radius 1 is 0.565 bits per heavy atom. The number of carboxylic acids is 2. The number of aliphatic carboxylic acids is 2. The second-order valence-electron chi connectivity index (χ2n) is 13.2. The second kappa shape index (κ2) is 20.4. The first kappa shape index (κ1) is 42.2. The summed E-state index contributed by atoms with van der Waals surface area (Å²) in [4.78, 5) is 88.4. The number of nitrogens with two attached hydrogens (primary N) is 1. The quantitative estimate of drug-likeness (QED) is 0.0850. The lowest BCUT2D eigenvalue weighted by Crippen LogP contribution is -2.59. The Hall–Kier alpha value is -3.75. The zero-order valence-corrected chi connectivity index (χ0v) is 28.6. The van der Waals surface area contributed by atoms with Gasteiger partial charge in [0.25, 0.3) is 0 Å². The van der Waals surface area contributed by atoms with Crippen LogP contribution in [-0.2, 0) is 33.6 Å². The summed E-state index contributed by atoms with van der Waals surface area (Å²) < 4.78 is 0. The van der Waals surface area contributed by atoms with Gasteiger partial charge in [0, 0.05) is 0 Å². The zero-order valence-electron chi connectivity index (χ0n) is 28.6. The average molecular weight is 657 g/mol. The van der Waals surface area contributed by atoms with E-state index in [1.807, 2.05) is 27.7 Å². The minimum Gasteiger partial charge on any atom is -0.481 e. The number of carbonyl (C=O) groups excluding carboxylic acids is 5. The first-order valence-corrected chi connectivity index (χ1v) is 15.9. The fourth-order valence-corrected chi connectivity index (χ4v) is 4.57. The predicted molar refractivity (Wildman–Crippen MR) is 171 cm³/mol. The summed E-state index contributed by atoms with van der Waals surface area (Å²) in [5.41, 5.74) is 5.90. The average Bonchev–Trinajstić information content (AvgIpc) is 2.92. The molecule has 0 aromatic rings. The number of hydrogen-bond acceptors (Lipinski definition) is 8. The van der Waals surface area contributed by atoms with Crippen molar-refractivity contribution in [3.63, 3.8) is 0 Å². The van der Waals surface area contributed by atoms with Gasteiger partial charge in [-0.1, -0.05) is 61.8 Å². The molecule has 0 aromatic carbocycles. The maximum atomic E-state index is 13.5. The highest BCUT2D eigenvalue weighted by Gasteiger charge is 2.33. The second-order valence-corrected chi connectivity index (χ2v) is 13.2. The Balaban J connectivity index is 5.88. The van der Waals surface area contributed by atoms with Gasteiger partial charge in [0.2, 0.25) is 29.5 Å². The summed E-state index contributed by atoms with van der Waals surface area (Å²) in [7, 11) is 0. The number of amides is 5. The lowest BCUT2D eigenvalue weighted by Gasteiger charge is -2.28. The summed E-state index contributed by atoms with van der Waals surface area (Å²) in [5, 5.41) is 31.4. The SMILES string of the molecule is CC[C@H](C)[C@H](NC(=O)[C@H](C)NC(=O)[C@H](CC(C)C)NC(=O)[C@H](CC(C)C)NC(=O)[C@H](CC(=O)O)NC(=O)[C@@H](N)CC(C)C)C(=O)O. The molecule has 7 atom stereocenters. The summed E-state index contributed by atoms with van der Waals surface area (Å²) in [6.45, 7) is 15.8. The van der Waals surface area contributed by atoms with Crippen molar-refractivity contribution in [3.05, 3.63) is 0 Å². The molecule has 15 heteroatoms. The highest BCUT2D eigenvalue weighted by molar-refractivity contribution is 5.97. The van der Waals surface area contributed by atoms with E-state index in [-0.39, 0.29) is 36.5 Å². The van der Waals surface area contributed by atoms with Crippen LogP contribution in [0, 0.1) is 23.7 Å². The summed E-state index contributed by atoms with van der Waals surface area (Å²) in [5.74, 6) is -6.76. The van der Waals surface area contributed by atoms with E-state index >= 15 is 0 Å². The maximum absolute atomic E-state index is 13.5. The van der Waals surface area contributed by atoms with E-state index in [1.165, 1.54) is 6.92 Å². The molecule has 0 fully saturated rings. The number of nitrogens with one attached hydrogen (secondary N) is 5. The molecule has 15 nitrogen and oxygen atoms in total. The van der Waals surface area contributed by atoms with Gasteiger partial charge < -0.3 is 42.5 Å². The fourth-order valence-electron chi connectivity index (χ4n) is 4.57. The van der Waals surface area contributed by atoms with Crippen LogP contribution < -0.4 is 32.3 Å². The van der Waals surface area contributed by atoms with E-state index in [1.54, 1.807) is 27.7 Å². The summed E-state index contributed by atoms with van der Waals surface area (Å²) >= 11 is 0. The zero-order chi connectivity index (χ0) is 35.9. The molecule has 46 heavy (non-hydrogen) atoms. The molecule has 0 aromatic heterocycles. The monoisotopic (exact) mass is 656 g/mol. The van der Waals surface area contributed by atoms with E-state index in [2.05, 4.69) is 26.6 Å². The molecule has 0 saturated carbocycles. The van der Waals surface area contributed by atoms with Crippen LogP contribution in [0.4, 0.5) is 0 Å². The van der Waals surface area contributed by atoms with Crippen LogP contribution in [0.15, 0.2) is 0 Å². The minimum atomic E-state index is -1.51. The van der Waals surface area contributed by atoms with Gasteiger partial charge >= 0.3 is 11.9 Å². The molecule has 0 saturated heterocycles. The van der Waals surface area contributed by atoms with Crippen LogP contribution in [0.1, 0.15) is 94.4 Å². The fraction of sp³-hybridized carbons (Fsp3) is 0.774. The Morgan fingerprint density at radius 2 is 0.978 bits per heavy atom. The van der Waals surface area contributed by atoms with Crippen molar-refractivity contribution in [2.75, 3.05) is 0 Å². The summed E-state index contributed by atoms with van der Waals surface area (Å²) in [6, 6.07) is -7.07. The molecule has 9 N–H and O–H groups in total. The Morgan fingerprint density at radius 3 is 1.37 bits per heavy atom. The Labute approximate surface area is 271 Å². The van der Waals surface area contributed by atoms with Gasteiger partial charge in [0.15, 0.2) is 0 Å². The first-order chi connectivity index (χ1) is 21.2. The molecule has 0 bridgehead atoms. The number of hydrogen-bond donors (Lipinski definition) is 8. The molecule has 0 aliphatic rings. The smallest absolute Gasteiger partial charge is 0.326 e. The summed E-state index contributed by atoms with van der Waals surface area (Å²) in [6.07, 6.45) is 0.358. The van der Waals surface area contributed by atoms with Gasteiger partial charge in [-0.05, 0) is 49.9 Å². The highest BCUT2D eigenvalue weighted by Crippen LogP contribution is 2.11. The van der Waals surface area contributed by atoms with Crippen molar-refractivity contribution in [1.82, 2.24) is 26.6 Å². The van der Waals surface area contributed by atoms with E-state index in [4.69, 9.17) is 5.73 Å². The minimum absolute atomic E-state index is 0.0754. The molecule has 0 radical (unpaired) electrons. The molecule has 0 rings (SSSR count). The van der Waals surface area contributed by atoms with Gasteiger partial charge in [0.05, 0.1) is 12.5 Å². The first-order valence-electron chi connectivity index (χ1n) is 15.9. The predicted octanol–water partition coefficient (Wildman–Crippen LogP) is 0.501. The van der Waals surface area contributed by atoms with Gasteiger partial charge in [-0.3, -0.25) is 28.8 Å². The van der Waals surface area contributed by atoms with Crippen molar-refractivity contribution in [2.45, 2.75) is 131 Å². The normalized spacial score (nSPS) is 15.9. The molecule has 0 spiro atoms. The third-order valence-electron chi connectivity index (χ3n) is 7.28. The van der Waals surface area contributed by atoms with Gasteiger partial charge in [0.1, 0.15) is 30.2 Å². The van der Waals surface area contributed by atoms with Crippen molar-refractivity contribution >= 4 is 41.5 Å². The third-order valence-corrected chi connectivity index (χ3v) is 7.28. The van der Waals surface area contributed by atoms with E-state index in [9.17, 15) is 43.8 Å². The van der Waals surface area contributed by atoms with Gasteiger partial charge in [-0.2, -0.15) is 0 Å². The highest BCUT2D eigenvalue weighted by atomic mass is 16.4. The Kier molecular flexibility index (Phi) is 18.7. The maximum Gasteiger partial charge on any atom is 0.326 e. The number of carbonyl (C=O) groups is 7. The standard InChI is InChI=1S/C31H56N6O9/c1-10-18(8)25(31(45)46)37-26(40)19(9)33-28(42)21(12-16(4)5)35-29(43)22(13-17(6)7)36-30(44)23(14-24(38)39)34-27(41)20(32)11-15(2)3/h15-23,25H,10-14,32H2,1-9H3,(H,33,42)(H,34,41)(H,35,43)(H,36,44)(H,37,40)(H,38,39)(H,45,46)/t18-,19-,20-,21-,22-,23-,25-/m0/s1. The van der Waals surface area contributed by atoms with Crippen LogP contribution in [0.3, 0.4) is 0 Å². The van der Waals surface area contributed by atoms with E-state index in [0.29, 0.717) is 12.8 Å². The van der Waals surface area contributed by atoms with E-state index in [0.717, 1.165) is 0 Å². The molecular formula is C31H56N6O9. The van der Waals surface area contributed by atoms with Crippen molar-refractivity contribution in [3.8, 4) is 0 Å². The van der Waals surface area contributed by atoms with Crippen LogP contribution in [0.2, 0.25) is 0 Å².